The summed E-state index contributed by atoms with van der Waals surface area (Å²) in [5.41, 5.74) is 0.655. The summed E-state index contributed by atoms with van der Waals surface area (Å²) in [6.07, 6.45) is 0. The molecule has 20 heavy (non-hydrogen) atoms. The highest BCUT2D eigenvalue weighted by atomic mass is 16.5. The third-order valence-corrected chi connectivity index (χ3v) is 2.42. The Morgan fingerprint density at radius 2 is 2.25 bits per heavy atom. The molecule has 7 nitrogen and oxygen atoms in total. The number of benzene rings is 1. The molecule has 0 aliphatic heterocycles. The minimum Gasteiger partial charge on any atom is -0.484 e. The average molecular weight is 276 g/mol. The number of hydrogen-bond acceptors (Lipinski definition) is 5. The Hall–Kier alpha value is -2.57. The SMILES string of the molecule is Cc1noc(COc2cccc(NC(=O)N(C)C)c2)n1. The summed E-state index contributed by atoms with van der Waals surface area (Å²) in [6, 6.07) is 6.89. The van der Waals surface area contributed by atoms with Gasteiger partial charge in [-0.2, -0.15) is 4.98 Å². The van der Waals surface area contributed by atoms with Gasteiger partial charge >= 0.3 is 6.03 Å². The van der Waals surface area contributed by atoms with Gasteiger partial charge in [0.05, 0.1) is 0 Å². The smallest absolute Gasteiger partial charge is 0.321 e. The van der Waals surface area contributed by atoms with E-state index in [0.717, 1.165) is 0 Å². The molecule has 0 atom stereocenters. The first-order chi connectivity index (χ1) is 9.54. The van der Waals surface area contributed by atoms with Crippen LogP contribution in [0.2, 0.25) is 0 Å². The molecule has 0 bridgehead atoms. The number of aromatic nitrogens is 2. The van der Waals surface area contributed by atoms with Crippen LogP contribution in [0.15, 0.2) is 28.8 Å². The van der Waals surface area contributed by atoms with Crippen LogP contribution in [0.25, 0.3) is 0 Å². The van der Waals surface area contributed by atoms with Crippen molar-refractivity contribution in [3.63, 3.8) is 0 Å². The number of nitrogens with one attached hydrogen (secondary N) is 1. The molecular weight excluding hydrogens is 260 g/mol. The van der Waals surface area contributed by atoms with Crippen molar-refractivity contribution in [1.29, 1.82) is 0 Å². The van der Waals surface area contributed by atoms with Gasteiger partial charge in [-0.25, -0.2) is 4.79 Å². The lowest BCUT2D eigenvalue weighted by atomic mass is 10.3. The fourth-order valence-electron chi connectivity index (χ4n) is 1.44. The van der Waals surface area contributed by atoms with Crippen LogP contribution in [0.3, 0.4) is 0 Å². The van der Waals surface area contributed by atoms with Gasteiger partial charge in [-0.3, -0.25) is 0 Å². The van der Waals surface area contributed by atoms with Gasteiger partial charge in [-0.1, -0.05) is 11.2 Å². The van der Waals surface area contributed by atoms with E-state index in [2.05, 4.69) is 15.5 Å². The van der Waals surface area contributed by atoms with Gasteiger partial charge in [0.2, 0.25) is 0 Å². The molecule has 0 aliphatic rings. The van der Waals surface area contributed by atoms with Crippen molar-refractivity contribution in [1.82, 2.24) is 15.0 Å². The second kappa shape index (κ2) is 6.05. The van der Waals surface area contributed by atoms with Crippen molar-refractivity contribution in [3.05, 3.63) is 36.0 Å². The maximum absolute atomic E-state index is 11.5. The van der Waals surface area contributed by atoms with E-state index in [-0.39, 0.29) is 12.6 Å². The van der Waals surface area contributed by atoms with Crippen molar-refractivity contribution in [3.8, 4) is 5.75 Å². The summed E-state index contributed by atoms with van der Waals surface area (Å²) in [4.78, 5) is 17.0. The van der Waals surface area contributed by atoms with Gasteiger partial charge in [-0.15, -0.1) is 0 Å². The molecule has 0 saturated carbocycles. The highest BCUT2D eigenvalue weighted by molar-refractivity contribution is 5.89. The second-order valence-corrected chi connectivity index (χ2v) is 4.38. The van der Waals surface area contributed by atoms with Crippen LogP contribution in [0.5, 0.6) is 5.75 Å². The molecule has 0 saturated heterocycles. The van der Waals surface area contributed by atoms with Crippen LogP contribution >= 0.6 is 0 Å². The summed E-state index contributed by atoms with van der Waals surface area (Å²) in [6.45, 7) is 1.93. The molecule has 1 aromatic heterocycles. The van der Waals surface area contributed by atoms with Gasteiger partial charge < -0.3 is 19.5 Å². The Morgan fingerprint density at radius 1 is 1.45 bits per heavy atom. The largest absolute Gasteiger partial charge is 0.484 e. The van der Waals surface area contributed by atoms with Crippen LogP contribution in [-0.2, 0) is 6.61 Å². The van der Waals surface area contributed by atoms with E-state index in [1.54, 1.807) is 45.3 Å². The molecule has 0 unspecified atom stereocenters. The number of aryl methyl sites for hydroxylation is 1. The van der Waals surface area contributed by atoms with Gasteiger partial charge in [0.1, 0.15) is 5.75 Å². The third-order valence-electron chi connectivity index (χ3n) is 2.42. The fourth-order valence-corrected chi connectivity index (χ4v) is 1.44. The number of rotatable bonds is 4. The predicted octanol–water partition coefficient (Wildman–Crippen LogP) is 2.05. The van der Waals surface area contributed by atoms with Crippen molar-refractivity contribution in [2.45, 2.75) is 13.5 Å². The van der Waals surface area contributed by atoms with Gasteiger partial charge in [0.25, 0.3) is 5.89 Å². The molecule has 0 fully saturated rings. The molecule has 2 amide bonds. The first-order valence-electron chi connectivity index (χ1n) is 6.05. The lowest BCUT2D eigenvalue weighted by Crippen LogP contribution is -2.27. The van der Waals surface area contributed by atoms with E-state index in [9.17, 15) is 4.79 Å². The summed E-state index contributed by atoms with van der Waals surface area (Å²) >= 11 is 0. The predicted molar refractivity (Wildman–Crippen MR) is 72.5 cm³/mol. The molecule has 1 N–H and O–H groups in total. The number of carbonyl (C=O) groups excluding carboxylic acids is 1. The fraction of sp³-hybridized carbons (Fsp3) is 0.308. The van der Waals surface area contributed by atoms with Crippen LogP contribution in [0.4, 0.5) is 10.5 Å². The Morgan fingerprint density at radius 3 is 2.90 bits per heavy atom. The van der Waals surface area contributed by atoms with Crippen LogP contribution < -0.4 is 10.1 Å². The minimum absolute atomic E-state index is 0.186. The number of hydrogen-bond donors (Lipinski definition) is 1. The lowest BCUT2D eigenvalue weighted by molar-refractivity contribution is 0.230. The van der Waals surface area contributed by atoms with Crippen molar-refractivity contribution >= 4 is 11.7 Å². The summed E-state index contributed by atoms with van der Waals surface area (Å²) in [5.74, 6) is 1.58. The van der Waals surface area contributed by atoms with Gasteiger partial charge in [0.15, 0.2) is 12.4 Å². The van der Waals surface area contributed by atoms with Crippen molar-refractivity contribution < 1.29 is 14.1 Å². The van der Waals surface area contributed by atoms with E-state index in [0.29, 0.717) is 23.2 Å². The standard InChI is InChI=1S/C13H16N4O3/c1-9-14-12(20-16-9)8-19-11-6-4-5-10(7-11)15-13(18)17(2)3/h4-7H,8H2,1-3H3,(H,15,18). The number of urea groups is 1. The molecule has 0 radical (unpaired) electrons. The van der Waals surface area contributed by atoms with Gasteiger partial charge in [-0.05, 0) is 19.1 Å². The molecule has 106 valence electrons. The van der Waals surface area contributed by atoms with Gasteiger partial charge in [0, 0.05) is 25.8 Å². The number of nitrogens with zero attached hydrogens (tertiary/aromatic N) is 3. The summed E-state index contributed by atoms with van der Waals surface area (Å²) in [5, 5.41) is 6.42. The Bertz CT molecular complexity index is 595. The zero-order valence-electron chi connectivity index (χ0n) is 11.6. The maximum atomic E-state index is 11.5. The zero-order valence-corrected chi connectivity index (χ0v) is 11.6. The topological polar surface area (TPSA) is 80.5 Å². The molecule has 1 heterocycles. The first-order valence-corrected chi connectivity index (χ1v) is 6.05. The number of amides is 2. The molecule has 1 aromatic carbocycles. The first kappa shape index (κ1) is 13.9. The Kier molecular flexibility index (Phi) is 4.19. The molecule has 0 spiro atoms. The molecule has 7 heteroatoms. The van der Waals surface area contributed by atoms with Crippen LogP contribution in [0, 0.1) is 6.92 Å². The summed E-state index contributed by atoms with van der Waals surface area (Å²) in [7, 11) is 3.35. The van der Waals surface area contributed by atoms with Crippen LogP contribution in [-0.4, -0.2) is 35.2 Å². The van der Waals surface area contributed by atoms with E-state index in [1.165, 1.54) is 4.90 Å². The van der Waals surface area contributed by atoms with E-state index in [1.807, 2.05) is 0 Å². The monoisotopic (exact) mass is 276 g/mol. The highest BCUT2D eigenvalue weighted by Gasteiger charge is 2.06. The minimum atomic E-state index is -0.199. The second-order valence-electron chi connectivity index (χ2n) is 4.38. The molecule has 2 aromatic rings. The Balaban J connectivity index is 1.97. The normalized spacial score (nSPS) is 10.2. The third kappa shape index (κ3) is 3.71. The summed E-state index contributed by atoms with van der Waals surface area (Å²) < 4.78 is 10.5. The Labute approximate surface area is 116 Å². The average Bonchev–Trinajstić information content (AvgIpc) is 2.82. The maximum Gasteiger partial charge on any atom is 0.321 e. The molecule has 2 rings (SSSR count). The van der Waals surface area contributed by atoms with Crippen molar-refractivity contribution in [2.24, 2.45) is 0 Å². The van der Waals surface area contributed by atoms with E-state index < -0.39 is 0 Å². The lowest BCUT2D eigenvalue weighted by Gasteiger charge is -2.12. The van der Waals surface area contributed by atoms with E-state index in [4.69, 9.17) is 9.26 Å². The zero-order chi connectivity index (χ0) is 14.5. The van der Waals surface area contributed by atoms with Crippen LogP contribution in [0.1, 0.15) is 11.7 Å². The molecule has 0 aliphatic carbocycles. The number of carbonyl (C=O) groups is 1. The quantitative estimate of drug-likeness (QED) is 0.924. The number of ether oxygens (including phenoxy) is 1. The van der Waals surface area contributed by atoms with E-state index >= 15 is 0 Å². The number of anilines is 1. The highest BCUT2D eigenvalue weighted by Crippen LogP contribution is 2.18. The molecular formula is C13H16N4O3. The van der Waals surface area contributed by atoms with Crippen molar-refractivity contribution in [2.75, 3.05) is 19.4 Å².